The van der Waals surface area contributed by atoms with Gasteiger partial charge in [0.05, 0.1) is 15.7 Å². The first kappa shape index (κ1) is 10.1. The second-order valence-corrected chi connectivity index (χ2v) is 4.58. The summed E-state index contributed by atoms with van der Waals surface area (Å²) in [5.41, 5.74) is 13.1. The summed E-state index contributed by atoms with van der Waals surface area (Å²) < 4.78 is 0. The second-order valence-electron chi connectivity index (χ2n) is 3.76. The minimum absolute atomic E-state index is 0.0469. The Morgan fingerprint density at radius 3 is 2.14 bits per heavy atom. The number of hydrogen-bond acceptors (Lipinski definition) is 2. The van der Waals surface area contributed by atoms with Gasteiger partial charge in [0.2, 0.25) is 0 Å². The van der Waals surface area contributed by atoms with E-state index >= 15 is 0 Å². The van der Waals surface area contributed by atoms with Gasteiger partial charge in [-0.2, -0.15) is 0 Å². The topological polar surface area (TPSA) is 52.0 Å². The van der Waals surface area contributed by atoms with Crippen molar-refractivity contribution in [1.29, 1.82) is 0 Å². The molecule has 1 atom stereocenters. The maximum Gasteiger partial charge on any atom is 0.0693 e. The van der Waals surface area contributed by atoms with E-state index in [0.717, 1.165) is 5.56 Å². The number of rotatable bonds is 2. The summed E-state index contributed by atoms with van der Waals surface area (Å²) >= 11 is 11.8. The monoisotopic (exact) mass is 230 g/mol. The van der Waals surface area contributed by atoms with E-state index in [-0.39, 0.29) is 6.04 Å². The highest BCUT2D eigenvalue weighted by Crippen LogP contribution is 2.41. The van der Waals surface area contributed by atoms with Crippen molar-refractivity contribution in [3.63, 3.8) is 0 Å². The SMILES string of the molecule is Nc1c(Cl)cc([C@H](N)C2CC2)cc1Cl. The van der Waals surface area contributed by atoms with Crippen molar-refractivity contribution >= 4 is 28.9 Å². The molecule has 1 aliphatic rings. The Morgan fingerprint density at radius 1 is 1.21 bits per heavy atom. The first-order valence-corrected chi connectivity index (χ1v) is 5.35. The lowest BCUT2D eigenvalue weighted by Crippen LogP contribution is -2.12. The normalized spacial score (nSPS) is 18.2. The molecule has 14 heavy (non-hydrogen) atoms. The Hall–Kier alpha value is -0.440. The first-order valence-electron chi connectivity index (χ1n) is 4.59. The standard InChI is InChI=1S/C10H12Cl2N2/c11-7-3-6(4-8(12)10(7)14)9(13)5-1-2-5/h3-5,9H,1-2,13-14H2/t9-/m1/s1. The zero-order valence-corrected chi connectivity index (χ0v) is 9.15. The minimum Gasteiger partial charge on any atom is -0.396 e. The maximum absolute atomic E-state index is 6.03. The number of nitrogens with two attached hydrogens (primary N) is 2. The molecule has 0 saturated heterocycles. The molecule has 0 heterocycles. The van der Waals surface area contributed by atoms with Gasteiger partial charge in [0, 0.05) is 6.04 Å². The van der Waals surface area contributed by atoms with Gasteiger partial charge in [0.1, 0.15) is 0 Å². The molecule has 4 N–H and O–H groups in total. The van der Waals surface area contributed by atoms with E-state index in [2.05, 4.69) is 0 Å². The molecule has 0 unspecified atom stereocenters. The molecule has 4 heteroatoms. The summed E-state index contributed by atoms with van der Waals surface area (Å²) in [4.78, 5) is 0. The predicted octanol–water partition coefficient (Wildman–Crippen LogP) is 2.99. The number of halogens is 2. The van der Waals surface area contributed by atoms with E-state index in [4.69, 9.17) is 34.7 Å². The highest BCUT2D eigenvalue weighted by atomic mass is 35.5. The van der Waals surface area contributed by atoms with Crippen LogP contribution in [0, 0.1) is 5.92 Å². The smallest absolute Gasteiger partial charge is 0.0693 e. The molecule has 1 aromatic carbocycles. The van der Waals surface area contributed by atoms with Gasteiger partial charge >= 0.3 is 0 Å². The third kappa shape index (κ3) is 1.83. The molecule has 0 spiro atoms. The number of benzene rings is 1. The van der Waals surface area contributed by atoms with E-state index in [1.807, 2.05) is 12.1 Å². The molecule has 2 rings (SSSR count). The molecule has 76 valence electrons. The molecule has 1 saturated carbocycles. The van der Waals surface area contributed by atoms with Crippen molar-refractivity contribution in [3.05, 3.63) is 27.7 Å². The first-order chi connectivity index (χ1) is 6.59. The van der Waals surface area contributed by atoms with Crippen LogP contribution in [0.2, 0.25) is 10.0 Å². The van der Waals surface area contributed by atoms with Crippen molar-refractivity contribution in [1.82, 2.24) is 0 Å². The summed E-state index contributed by atoms with van der Waals surface area (Å²) in [6, 6.07) is 3.67. The van der Waals surface area contributed by atoms with Crippen LogP contribution >= 0.6 is 23.2 Å². The predicted molar refractivity (Wildman–Crippen MR) is 60.5 cm³/mol. The Morgan fingerprint density at radius 2 is 1.71 bits per heavy atom. The quantitative estimate of drug-likeness (QED) is 0.768. The molecular formula is C10H12Cl2N2. The van der Waals surface area contributed by atoms with E-state index in [0.29, 0.717) is 21.7 Å². The van der Waals surface area contributed by atoms with Crippen molar-refractivity contribution in [2.24, 2.45) is 11.7 Å². The van der Waals surface area contributed by atoms with Crippen LogP contribution in [0.1, 0.15) is 24.4 Å². The molecule has 1 aliphatic carbocycles. The molecule has 0 bridgehead atoms. The molecular weight excluding hydrogens is 219 g/mol. The highest BCUT2D eigenvalue weighted by Gasteiger charge is 2.30. The van der Waals surface area contributed by atoms with E-state index in [1.54, 1.807) is 0 Å². The van der Waals surface area contributed by atoms with Crippen LogP contribution in [0.25, 0.3) is 0 Å². The molecule has 0 aliphatic heterocycles. The van der Waals surface area contributed by atoms with E-state index < -0.39 is 0 Å². The average molecular weight is 231 g/mol. The lowest BCUT2D eigenvalue weighted by atomic mass is 10.0. The molecule has 1 fully saturated rings. The van der Waals surface area contributed by atoms with Crippen molar-refractivity contribution in [2.75, 3.05) is 5.73 Å². The van der Waals surface area contributed by atoms with Gasteiger partial charge in [-0.3, -0.25) is 0 Å². The Labute approximate surface area is 93.2 Å². The van der Waals surface area contributed by atoms with Crippen LogP contribution in [-0.4, -0.2) is 0 Å². The van der Waals surface area contributed by atoms with Gasteiger partial charge in [0.15, 0.2) is 0 Å². The van der Waals surface area contributed by atoms with Gasteiger partial charge < -0.3 is 11.5 Å². The Bertz CT molecular complexity index is 338. The number of hydrogen-bond donors (Lipinski definition) is 2. The Kier molecular flexibility index (Phi) is 2.60. The van der Waals surface area contributed by atoms with Crippen molar-refractivity contribution < 1.29 is 0 Å². The average Bonchev–Trinajstić information content (AvgIpc) is 2.95. The van der Waals surface area contributed by atoms with Crippen LogP contribution < -0.4 is 11.5 Å². The fourth-order valence-electron chi connectivity index (χ4n) is 1.52. The van der Waals surface area contributed by atoms with Crippen LogP contribution in [-0.2, 0) is 0 Å². The minimum atomic E-state index is 0.0469. The van der Waals surface area contributed by atoms with E-state index in [9.17, 15) is 0 Å². The van der Waals surface area contributed by atoms with Crippen LogP contribution in [0.3, 0.4) is 0 Å². The van der Waals surface area contributed by atoms with Crippen molar-refractivity contribution in [3.8, 4) is 0 Å². The van der Waals surface area contributed by atoms with Crippen LogP contribution in [0.15, 0.2) is 12.1 Å². The summed E-state index contributed by atoms with van der Waals surface area (Å²) in [6.07, 6.45) is 2.39. The van der Waals surface area contributed by atoms with Crippen LogP contribution in [0.5, 0.6) is 0 Å². The summed E-state index contributed by atoms with van der Waals surface area (Å²) in [5, 5.41) is 0.979. The summed E-state index contributed by atoms with van der Waals surface area (Å²) in [7, 11) is 0. The zero-order chi connectivity index (χ0) is 10.3. The lowest BCUT2D eigenvalue weighted by molar-refractivity contribution is 0.633. The van der Waals surface area contributed by atoms with Gasteiger partial charge in [-0.1, -0.05) is 23.2 Å². The third-order valence-corrected chi connectivity index (χ3v) is 3.24. The fourth-order valence-corrected chi connectivity index (χ4v) is 2.03. The van der Waals surface area contributed by atoms with Gasteiger partial charge in [0.25, 0.3) is 0 Å². The zero-order valence-electron chi connectivity index (χ0n) is 7.63. The molecule has 0 aromatic heterocycles. The Balaban J connectivity index is 2.34. The summed E-state index contributed by atoms with van der Waals surface area (Å²) in [5.74, 6) is 0.589. The molecule has 1 aromatic rings. The molecule has 0 amide bonds. The molecule has 0 radical (unpaired) electrons. The molecule has 2 nitrogen and oxygen atoms in total. The summed E-state index contributed by atoms with van der Waals surface area (Å²) in [6.45, 7) is 0. The van der Waals surface area contributed by atoms with Gasteiger partial charge in [-0.15, -0.1) is 0 Å². The lowest BCUT2D eigenvalue weighted by Gasteiger charge is -2.12. The largest absolute Gasteiger partial charge is 0.396 e. The van der Waals surface area contributed by atoms with E-state index in [1.165, 1.54) is 12.8 Å². The highest BCUT2D eigenvalue weighted by molar-refractivity contribution is 6.38. The van der Waals surface area contributed by atoms with Gasteiger partial charge in [-0.25, -0.2) is 0 Å². The van der Waals surface area contributed by atoms with Crippen molar-refractivity contribution in [2.45, 2.75) is 18.9 Å². The second kappa shape index (κ2) is 3.61. The third-order valence-electron chi connectivity index (χ3n) is 2.62. The fraction of sp³-hybridized carbons (Fsp3) is 0.400. The maximum atomic E-state index is 6.03. The van der Waals surface area contributed by atoms with Gasteiger partial charge in [-0.05, 0) is 36.5 Å². The number of nitrogen functional groups attached to an aromatic ring is 1. The number of anilines is 1. The van der Waals surface area contributed by atoms with Crippen LogP contribution in [0.4, 0.5) is 5.69 Å².